The number of hydrogen-bond donors (Lipinski definition) is 2. The van der Waals surface area contributed by atoms with Crippen LogP contribution in [0, 0.1) is 0 Å². The van der Waals surface area contributed by atoms with Crippen LogP contribution in [-0.2, 0) is 4.74 Å². The lowest BCUT2D eigenvalue weighted by atomic mass is 10.2. The Morgan fingerprint density at radius 2 is 2.21 bits per heavy atom. The molecule has 7 heteroatoms. The third-order valence-corrected chi connectivity index (χ3v) is 2.18. The van der Waals surface area contributed by atoms with E-state index in [9.17, 15) is 18.7 Å². The van der Waals surface area contributed by atoms with E-state index in [2.05, 4.69) is 10.1 Å². The lowest BCUT2D eigenvalue weighted by Gasteiger charge is -2.11. The molecule has 0 spiro atoms. The maximum Gasteiger partial charge on any atom is 0.387 e. The first-order chi connectivity index (χ1) is 9.02. The number of nitrogens with one attached hydrogen (secondary N) is 1. The van der Waals surface area contributed by atoms with Gasteiger partial charge in [-0.2, -0.15) is 8.78 Å². The molecule has 0 radical (unpaired) electrons. The molecule has 106 valence electrons. The van der Waals surface area contributed by atoms with Crippen LogP contribution < -0.4 is 10.1 Å². The van der Waals surface area contributed by atoms with Gasteiger partial charge in [0.15, 0.2) is 0 Å². The van der Waals surface area contributed by atoms with Crippen molar-refractivity contribution in [1.29, 1.82) is 0 Å². The summed E-state index contributed by atoms with van der Waals surface area (Å²) in [4.78, 5) is 11.7. The summed E-state index contributed by atoms with van der Waals surface area (Å²) in [5.41, 5.74) is 0.169. The van der Waals surface area contributed by atoms with Gasteiger partial charge in [0, 0.05) is 19.2 Å². The molecule has 1 aromatic carbocycles. The van der Waals surface area contributed by atoms with Gasteiger partial charge in [-0.25, -0.2) is 0 Å². The van der Waals surface area contributed by atoms with Gasteiger partial charge in [0.05, 0.1) is 12.7 Å². The summed E-state index contributed by atoms with van der Waals surface area (Å²) in [6.45, 7) is -2.84. The standard InChI is InChI=1S/C12H15F2NO4/c1-18-7-9(16)6-15-11(17)8-3-2-4-10(5-8)19-12(13)14/h2-5,9,12,16H,6-7H2,1H3,(H,15,17). The van der Waals surface area contributed by atoms with E-state index < -0.39 is 18.6 Å². The fourth-order valence-electron chi connectivity index (χ4n) is 1.38. The van der Waals surface area contributed by atoms with E-state index in [-0.39, 0.29) is 24.5 Å². The monoisotopic (exact) mass is 275 g/mol. The molecule has 2 N–H and O–H groups in total. The largest absolute Gasteiger partial charge is 0.435 e. The van der Waals surface area contributed by atoms with Gasteiger partial charge in [-0.3, -0.25) is 4.79 Å². The van der Waals surface area contributed by atoms with E-state index in [1.807, 2.05) is 0 Å². The highest BCUT2D eigenvalue weighted by Crippen LogP contribution is 2.15. The number of aliphatic hydroxyl groups excluding tert-OH is 1. The molecular weight excluding hydrogens is 260 g/mol. The Kier molecular flexibility index (Phi) is 6.17. The molecule has 1 aromatic rings. The van der Waals surface area contributed by atoms with E-state index >= 15 is 0 Å². The van der Waals surface area contributed by atoms with Crippen LogP contribution in [0.3, 0.4) is 0 Å². The van der Waals surface area contributed by atoms with Crippen LogP contribution in [0.15, 0.2) is 24.3 Å². The molecule has 19 heavy (non-hydrogen) atoms. The average molecular weight is 275 g/mol. The first-order valence-corrected chi connectivity index (χ1v) is 5.53. The number of carbonyl (C=O) groups is 1. The highest BCUT2D eigenvalue weighted by molar-refractivity contribution is 5.94. The number of alkyl halides is 2. The van der Waals surface area contributed by atoms with Crippen LogP contribution in [0.2, 0.25) is 0 Å². The minimum Gasteiger partial charge on any atom is -0.435 e. The van der Waals surface area contributed by atoms with E-state index in [0.717, 1.165) is 0 Å². The van der Waals surface area contributed by atoms with Crippen molar-refractivity contribution in [2.45, 2.75) is 12.7 Å². The number of rotatable bonds is 7. The topological polar surface area (TPSA) is 67.8 Å². The number of methoxy groups -OCH3 is 1. The molecule has 0 bridgehead atoms. The minimum absolute atomic E-state index is 0.00655. The third-order valence-electron chi connectivity index (χ3n) is 2.18. The van der Waals surface area contributed by atoms with Crippen LogP contribution in [-0.4, -0.2) is 44.0 Å². The number of hydrogen-bond acceptors (Lipinski definition) is 4. The molecule has 1 amide bonds. The van der Waals surface area contributed by atoms with Crippen LogP contribution in [0.25, 0.3) is 0 Å². The van der Waals surface area contributed by atoms with Gasteiger partial charge in [-0.1, -0.05) is 6.07 Å². The molecule has 0 saturated heterocycles. The lowest BCUT2D eigenvalue weighted by molar-refractivity contribution is -0.0498. The van der Waals surface area contributed by atoms with E-state index in [1.54, 1.807) is 0 Å². The quantitative estimate of drug-likeness (QED) is 0.779. The van der Waals surface area contributed by atoms with Gasteiger partial charge >= 0.3 is 6.61 Å². The van der Waals surface area contributed by atoms with E-state index in [4.69, 9.17) is 4.74 Å². The maximum atomic E-state index is 12.0. The van der Waals surface area contributed by atoms with Gasteiger partial charge in [0.1, 0.15) is 5.75 Å². The van der Waals surface area contributed by atoms with Gasteiger partial charge in [0.2, 0.25) is 0 Å². The first-order valence-electron chi connectivity index (χ1n) is 5.53. The zero-order chi connectivity index (χ0) is 14.3. The van der Waals surface area contributed by atoms with Crippen molar-refractivity contribution in [3.05, 3.63) is 29.8 Å². The molecule has 1 unspecified atom stereocenters. The average Bonchev–Trinajstić information content (AvgIpc) is 2.36. The molecular formula is C12H15F2NO4. The molecule has 5 nitrogen and oxygen atoms in total. The maximum absolute atomic E-state index is 12.0. The summed E-state index contributed by atoms with van der Waals surface area (Å²) in [5, 5.41) is 11.8. The SMILES string of the molecule is COCC(O)CNC(=O)c1cccc(OC(F)F)c1. The molecule has 0 fully saturated rings. The number of carbonyl (C=O) groups excluding carboxylic acids is 1. The van der Waals surface area contributed by atoms with Gasteiger partial charge in [-0.05, 0) is 18.2 Å². The van der Waals surface area contributed by atoms with Crippen LogP contribution in [0.1, 0.15) is 10.4 Å². The summed E-state index contributed by atoms with van der Waals surface area (Å²) in [7, 11) is 1.43. The highest BCUT2D eigenvalue weighted by Gasteiger charge is 2.11. The van der Waals surface area contributed by atoms with Crippen molar-refractivity contribution in [3.63, 3.8) is 0 Å². The predicted molar refractivity (Wildman–Crippen MR) is 63.3 cm³/mol. The normalized spacial score (nSPS) is 12.3. The molecule has 1 atom stereocenters. The molecule has 0 aliphatic carbocycles. The van der Waals surface area contributed by atoms with Gasteiger partial charge in [-0.15, -0.1) is 0 Å². The molecule has 0 aliphatic heterocycles. The van der Waals surface area contributed by atoms with E-state index in [1.165, 1.54) is 31.4 Å². The van der Waals surface area contributed by atoms with Crippen molar-refractivity contribution in [3.8, 4) is 5.75 Å². The molecule has 0 aromatic heterocycles. The fourth-order valence-corrected chi connectivity index (χ4v) is 1.38. The molecule has 0 aliphatic rings. The smallest absolute Gasteiger partial charge is 0.387 e. The zero-order valence-corrected chi connectivity index (χ0v) is 10.3. The van der Waals surface area contributed by atoms with Crippen molar-refractivity contribution >= 4 is 5.91 Å². The molecule has 0 heterocycles. The zero-order valence-electron chi connectivity index (χ0n) is 10.3. The number of amides is 1. The Bertz CT molecular complexity index is 414. The number of halogens is 2. The highest BCUT2D eigenvalue weighted by atomic mass is 19.3. The Hall–Kier alpha value is -1.73. The van der Waals surface area contributed by atoms with Crippen molar-refractivity contribution in [2.24, 2.45) is 0 Å². The summed E-state index contributed by atoms with van der Waals surface area (Å²) in [6.07, 6.45) is -0.825. The second kappa shape index (κ2) is 7.65. The fraction of sp³-hybridized carbons (Fsp3) is 0.417. The third kappa shape index (κ3) is 5.62. The number of ether oxygens (including phenoxy) is 2. The molecule has 1 rings (SSSR count). The Balaban J connectivity index is 2.56. The van der Waals surface area contributed by atoms with Crippen molar-refractivity contribution < 1.29 is 28.2 Å². The minimum atomic E-state index is -2.94. The summed E-state index contributed by atoms with van der Waals surface area (Å²) >= 11 is 0. The second-order valence-corrected chi connectivity index (χ2v) is 3.73. The summed E-state index contributed by atoms with van der Waals surface area (Å²) in [6, 6.07) is 5.40. The Morgan fingerprint density at radius 1 is 1.47 bits per heavy atom. The summed E-state index contributed by atoms with van der Waals surface area (Å²) < 4.78 is 32.9. The van der Waals surface area contributed by atoms with Crippen LogP contribution in [0.4, 0.5) is 8.78 Å². The number of benzene rings is 1. The van der Waals surface area contributed by atoms with E-state index in [0.29, 0.717) is 0 Å². The van der Waals surface area contributed by atoms with Crippen molar-refractivity contribution in [2.75, 3.05) is 20.3 Å². The van der Waals surface area contributed by atoms with Gasteiger partial charge in [0.25, 0.3) is 5.91 Å². The van der Waals surface area contributed by atoms with Gasteiger partial charge < -0.3 is 19.9 Å². The Morgan fingerprint density at radius 3 is 2.84 bits per heavy atom. The summed E-state index contributed by atoms with van der Waals surface area (Å²) in [5.74, 6) is -0.588. The van der Waals surface area contributed by atoms with Crippen LogP contribution in [0.5, 0.6) is 5.75 Å². The Labute approximate surface area is 109 Å². The predicted octanol–water partition coefficient (Wildman–Crippen LogP) is 1.03. The van der Waals surface area contributed by atoms with Crippen LogP contribution >= 0.6 is 0 Å². The molecule has 0 saturated carbocycles. The van der Waals surface area contributed by atoms with Crippen molar-refractivity contribution in [1.82, 2.24) is 5.32 Å². The second-order valence-electron chi connectivity index (χ2n) is 3.73. The lowest BCUT2D eigenvalue weighted by Crippen LogP contribution is -2.34. The number of aliphatic hydroxyl groups is 1. The first kappa shape index (κ1) is 15.3.